The maximum Gasteiger partial charge on any atom is 0.234 e. The minimum Gasteiger partial charge on any atom is -0.319 e. The molecule has 0 radical (unpaired) electrons. The smallest absolute Gasteiger partial charge is 0.234 e. The number of nitriles is 1. The predicted octanol–water partition coefficient (Wildman–Crippen LogP) is 15.2. The zero-order valence-electron chi connectivity index (χ0n) is 34.6. The van der Waals surface area contributed by atoms with E-state index in [9.17, 15) is 5.26 Å². The number of benzene rings is 8. The maximum atomic E-state index is 10.1. The van der Waals surface area contributed by atoms with Crippen molar-refractivity contribution in [3.05, 3.63) is 196 Å². The van der Waals surface area contributed by atoms with E-state index < -0.39 is 0 Å². The van der Waals surface area contributed by atoms with Crippen LogP contribution in [-0.2, 0) is 0 Å². The molecule has 4 heteroatoms. The average Bonchev–Trinajstić information content (AvgIpc) is 3.74. The summed E-state index contributed by atoms with van der Waals surface area (Å²) in [7, 11) is 0. The maximum absolute atomic E-state index is 10.1. The summed E-state index contributed by atoms with van der Waals surface area (Å²) in [6.07, 6.45) is 0. The molecule has 0 aliphatic heterocycles. The van der Waals surface area contributed by atoms with E-state index in [1.54, 1.807) is 0 Å². The molecular weight excluding hydrogens is 729 g/mol. The zero-order chi connectivity index (χ0) is 41.4. The molecule has 0 atom stereocenters. The van der Waals surface area contributed by atoms with Gasteiger partial charge in [0.1, 0.15) is 0 Å². The number of fused-ring (bicyclic) bond motifs is 6. The Labute approximate surface area is 350 Å². The molecule has 0 bridgehead atoms. The molecule has 4 nitrogen and oxygen atoms in total. The molecule has 286 valence electrons. The Balaban J connectivity index is 1.35. The molecular formula is C56H42N4. The summed E-state index contributed by atoms with van der Waals surface area (Å²) < 4.78 is 4.59. The van der Waals surface area contributed by atoms with Crippen LogP contribution in [0.1, 0.15) is 38.9 Å². The van der Waals surface area contributed by atoms with Gasteiger partial charge in [-0.15, -0.1) is 0 Å². The second-order valence-corrected chi connectivity index (χ2v) is 16.4. The number of para-hydroxylation sites is 2. The van der Waals surface area contributed by atoms with Gasteiger partial charge in [0.05, 0.1) is 51.6 Å². The number of hydrogen-bond donors (Lipinski definition) is 0. The second-order valence-electron chi connectivity index (χ2n) is 16.4. The van der Waals surface area contributed by atoms with E-state index in [1.165, 1.54) is 44.5 Å². The molecule has 0 saturated carbocycles. The Morgan fingerprint density at radius 1 is 0.467 bits per heavy atom. The van der Waals surface area contributed by atoms with Crippen LogP contribution in [0.25, 0.3) is 93.2 Å². The van der Waals surface area contributed by atoms with Crippen molar-refractivity contribution in [3.63, 3.8) is 0 Å². The van der Waals surface area contributed by atoms with Gasteiger partial charge < -0.3 is 9.13 Å². The topological polar surface area (TPSA) is 38.0 Å². The van der Waals surface area contributed by atoms with Gasteiger partial charge in [-0.25, -0.2) is 4.85 Å². The van der Waals surface area contributed by atoms with E-state index in [4.69, 9.17) is 6.57 Å². The Kier molecular flexibility index (Phi) is 8.57. The normalized spacial score (nSPS) is 11.5. The van der Waals surface area contributed by atoms with Gasteiger partial charge in [-0.05, 0) is 140 Å². The van der Waals surface area contributed by atoms with Crippen LogP contribution >= 0.6 is 0 Å². The van der Waals surface area contributed by atoms with Gasteiger partial charge in [-0.2, -0.15) is 5.26 Å². The van der Waals surface area contributed by atoms with Crippen LogP contribution in [0.5, 0.6) is 0 Å². The van der Waals surface area contributed by atoms with Crippen molar-refractivity contribution in [1.82, 2.24) is 9.13 Å². The third kappa shape index (κ3) is 5.65. The third-order valence-electron chi connectivity index (χ3n) is 12.3. The van der Waals surface area contributed by atoms with Gasteiger partial charge in [0, 0.05) is 21.5 Å². The number of nitrogens with zero attached hydrogens (tertiary/aromatic N) is 4. The van der Waals surface area contributed by atoms with Crippen LogP contribution in [0.15, 0.2) is 146 Å². The Hall–Kier alpha value is -7.66. The molecule has 2 heterocycles. The van der Waals surface area contributed by atoms with Crippen LogP contribution in [0.3, 0.4) is 0 Å². The first-order valence-electron chi connectivity index (χ1n) is 20.4. The number of aryl methyl sites for hydroxylation is 6. The molecule has 10 rings (SSSR count). The first-order valence-corrected chi connectivity index (χ1v) is 20.4. The molecule has 0 fully saturated rings. The fourth-order valence-corrected chi connectivity index (χ4v) is 10.1. The fourth-order valence-electron chi connectivity index (χ4n) is 10.1. The molecule has 10 aromatic rings. The molecule has 0 aliphatic carbocycles. The number of aromatic nitrogens is 2. The molecule has 2 aromatic heterocycles. The number of hydrogen-bond acceptors (Lipinski definition) is 1. The van der Waals surface area contributed by atoms with Gasteiger partial charge in [0.25, 0.3) is 0 Å². The summed E-state index contributed by atoms with van der Waals surface area (Å²) in [5.41, 5.74) is 20.7. The quantitative estimate of drug-likeness (QED) is 0.161. The first kappa shape index (κ1) is 36.7. The standard InChI is InChI=1S/C56H42N4/c1-33-25-35(3)53(36(4)26-33)41-19-21-46-44-15-8-10-17-48(44)59(51(46)30-41)50-24-23-43(40-14-12-13-39(29-40)32-57)56(55(50)58-7)60-49-18-11-9-16-45(49)47-22-20-42(31-52(47)60)54-37(5)27-34(2)28-38(54)6/h8-31H,1-6H3. The molecule has 60 heavy (non-hydrogen) atoms. The van der Waals surface area contributed by atoms with E-state index >= 15 is 0 Å². The Morgan fingerprint density at radius 2 is 0.967 bits per heavy atom. The van der Waals surface area contributed by atoms with E-state index in [0.717, 1.165) is 77.2 Å². The van der Waals surface area contributed by atoms with Crippen molar-refractivity contribution in [1.29, 1.82) is 5.26 Å². The van der Waals surface area contributed by atoms with Gasteiger partial charge in [0.15, 0.2) is 0 Å². The summed E-state index contributed by atoms with van der Waals surface area (Å²) in [5, 5.41) is 14.5. The van der Waals surface area contributed by atoms with Gasteiger partial charge in [-0.1, -0.05) is 114 Å². The van der Waals surface area contributed by atoms with E-state index in [1.807, 2.05) is 24.3 Å². The lowest BCUT2D eigenvalue weighted by molar-refractivity contribution is 1.14. The van der Waals surface area contributed by atoms with Gasteiger partial charge in [-0.3, -0.25) is 0 Å². The molecule has 8 aromatic carbocycles. The van der Waals surface area contributed by atoms with Crippen molar-refractivity contribution in [2.75, 3.05) is 0 Å². The summed E-state index contributed by atoms with van der Waals surface area (Å²) >= 11 is 0. The molecule has 0 N–H and O–H groups in total. The summed E-state index contributed by atoms with van der Waals surface area (Å²) in [6.45, 7) is 22.2. The van der Waals surface area contributed by atoms with Crippen LogP contribution in [0.2, 0.25) is 0 Å². The summed E-state index contributed by atoms with van der Waals surface area (Å²) in [6, 6.07) is 53.9. The molecule has 0 aliphatic rings. The minimum atomic E-state index is 0.529. The van der Waals surface area contributed by atoms with E-state index in [-0.39, 0.29) is 0 Å². The largest absolute Gasteiger partial charge is 0.319 e. The van der Waals surface area contributed by atoms with Crippen molar-refractivity contribution in [2.24, 2.45) is 0 Å². The highest BCUT2D eigenvalue weighted by Gasteiger charge is 2.25. The summed E-state index contributed by atoms with van der Waals surface area (Å²) in [4.78, 5) is 4.52. The van der Waals surface area contributed by atoms with Gasteiger partial charge in [0.2, 0.25) is 5.69 Å². The highest BCUT2D eigenvalue weighted by atomic mass is 15.1. The summed E-state index contributed by atoms with van der Waals surface area (Å²) in [5.74, 6) is 0. The van der Waals surface area contributed by atoms with Crippen molar-refractivity contribution < 1.29 is 0 Å². The second kappa shape index (κ2) is 14.0. The third-order valence-corrected chi connectivity index (χ3v) is 12.3. The zero-order valence-corrected chi connectivity index (χ0v) is 34.6. The van der Waals surface area contributed by atoms with Crippen LogP contribution < -0.4 is 0 Å². The van der Waals surface area contributed by atoms with Gasteiger partial charge >= 0.3 is 0 Å². The predicted molar refractivity (Wildman–Crippen MR) is 251 cm³/mol. The molecule has 0 amide bonds. The minimum absolute atomic E-state index is 0.529. The van der Waals surface area contributed by atoms with Crippen molar-refractivity contribution >= 4 is 49.3 Å². The molecule has 0 unspecified atom stereocenters. The average molecular weight is 771 g/mol. The van der Waals surface area contributed by atoms with Crippen molar-refractivity contribution in [2.45, 2.75) is 41.5 Å². The molecule has 0 saturated heterocycles. The fraction of sp³-hybridized carbons (Fsp3) is 0.107. The SMILES string of the molecule is [C-]#[N+]c1c(-n2c3ccccc3c3ccc(-c4c(C)cc(C)cc4C)cc32)ccc(-c2cccc(C#N)c2)c1-n1c2ccccc2c2ccc(-c3c(C)cc(C)cc3C)cc21. The molecule has 0 spiro atoms. The van der Waals surface area contributed by atoms with E-state index in [0.29, 0.717) is 11.3 Å². The van der Waals surface area contributed by atoms with E-state index in [2.05, 4.69) is 183 Å². The monoisotopic (exact) mass is 770 g/mol. The highest BCUT2D eigenvalue weighted by molar-refractivity contribution is 6.13. The lowest BCUT2D eigenvalue weighted by atomic mass is 9.93. The first-order chi connectivity index (χ1) is 29.1. The highest BCUT2D eigenvalue weighted by Crippen LogP contribution is 2.47. The van der Waals surface area contributed by atoms with Crippen LogP contribution in [0.4, 0.5) is 5.69 Å². The Morgan fingerprint density at radius 3 is 1.50 bits per heavy atom. The van der Waals surface area contributed by atoms with Crippen LogP contribution in [-0.4, -0.2) is 9.13 Å². The lowest BCUT2D eigenvalue weighted by Gasteiger charge is -2.21. The number of rotatable bonds is 5. The Bertz CT molecular complexity index is 3480. The van der Waals surface area contributed by atoms with Crippen molar-refractivity contribution in [3.8, 4) is 50.8 Å². The van der Waals surface area contributed by atoms with Crippen LogP contribution in [0, 0.1) is 59.4 Å². The lowest BCUT2D eigenvalue weighted by Crippen LogP contribution is -2.03.